The van der Waals surface area contributed by atoms with Gasteiger partial charge in [-0.05, 0) is 50.6 Å². The molecule has 1 heterocycles. The van der Waals surface area contributed by atoms with Gasteiger partial charge in [0, 0.05) is 36.3 Å². The van der Waals surface area contributed by atoms with Crippen LogP contribution in [-0.2, 0) is 0 Å². The lowest BCUT2D eigenvalue weighted by Gasteiger charge is -2.26. The van der Waals surface area contributed by atoms with E-state index in [0.717, 1.165) is 17.6 Å². The second kappa shape index (κ2) is 6.73. The molecule has 4 heteroatoms. The Morgan fingerprint density at radius 2 is 2.05 bits per heavy atom. The normalized spacial score (nSPS) is 17.7. The number of likely N-dealkylation sites (N-methyl/N-ethyl adjacent to an activating group) is 1. The minimum absolute atomic E-state index is 0.0670. The van der Waals surface area contributed by atoms with Crippen LogP contribution in [0.15, 0.2) is 22.7 Å². The maximum atomic E-state index is 6.07. The molecule has 0 aromatic heterocycles. The van der Waals surface area contributed by atoms with Gasteiger partial charge in [-0.2, -0.15) is 0 Å². The lowest BCUT2D eigenvalue weighted by molar-refractivity contribution is 0.346. The lowest BCUT2D eigenvalue weighted by atomic mass is 10.1. The summed E-state index contributed by atoms with van der Waals surface area (Å²) in [5, 5.41) is 0. The fourth-order valence-corrected chi connectivity index (χ4v) is 3.00. The Labute approximate surface area is 124 Å². The number of hydrogen-bond acceptors (Lipinski definition) is 3. The number of benzene rings is 1. The first-order valence-corrected chi connectivity index (χ1v) is 7.86. The average molecular weight is 326 g/mol. The van der Waals surface area contributed by atoms with Crippen LogP contribution in [0, 0.1) is 0 Å². The predicted molar refractivity (Wildman–Crippen MR) is 85.7 cm³/mol. The van der Waals surface area contributed by atoms with Gasteiger partial charge in [-0.3, -0.25) is 0 Å². The smallest absolute Gasteiger partial charge is 0.0423 e. The highest BCUT2D eigenvalue weighted by Gasteiger charge is 2.14. The Bertz CT molecular complexity index is 414. The predicted octanol–water partition coefficient (Wildman–Crippen LogP) is 3.00. The highest BCUT2D eigenvalue weighted by atomic mass is 79.9. The number of nitrogens with two attached hydrogens (primary N) is 1. The molecule has 0 saturated carbocycles. The molecule has 1 aromatic carbocycles. The van der Waals surface area contributed by atoms with Gasteiger partial charge >= 0.3 is 0 Å². The van der Waals surface area contributed by atoms with Gasteiger partial charge in [0.1, 0.15) is 0 Å². The minimum atomic E-state index is 0.0670. The molecule has 0 bridgehead atoms. The summed E-state index contributed by atoms with van der Waals surface area (Å²) in [4.78, 5) is 4.86. The van der Waals surface area contributed by atoms with Crippen LogP contribution in [0.1, 0.15) is 31.4 Å². The molecule has 2 N–H and O–H groups in total. The highest BCUT2D eigenvalue weighted by Crippen LogP contribution is 2.28. The van der Waals surface area contributed by atoms with Gasteiger partial charge in [-0.1, -0.05) is 22.0 Å². The van der Waals surface area contributed by atoms with Crippen LogP contribution in [0.25, 0.3) is 0 Å². The van der Waals surface area contributed by atoms with E-state index in [9.17, 15) is 0 Å². The molecule has 19 heavy (non-hydrogen) atoms. The molecule has 2 rings (SSSR count). The molecule has 106 valence electrons. The molecule has 0 spiro atoms. The van der Waals surface area contributed by atoms with E-state index in [2.05, 4.69) is 51.0 Å². The van der Waals surface area contributed by atoms with E-state index in [1.54, 1.807) is 0 Å². The molecular weight excluding hydrogens is 302 g/mol. The van der Waals surface area contributed by atoms with Gasteiger partial charge < -0.3 is 15.5 Å². The maximum Gasteiger partial charge on any atom is 0.0423 e. The molecule has 1 fully saturated rings. The Morgan fingerprint density at radius 3 is 2.68 bits per heavy atom. The van der Waals surface area contributed by atoms with Crippen LogP contribution in [0.5, 0.6) is 0 Å². The summed E-state index contributed by atoms with van der Waals surface area (Å²) in [6.07, 6.45) is 2.71. The maximum absolute atomic E-state index is 6.07. The molecular formula is C15H24BrN3. The van der Waals surface area contributed by atoms with Gasteiger partial charge in [0.2, 0.25) is 0 Å². The summed E-state index contributed by atoms with van der Waals surface area (Å²) < 4.78 is 1.11. The monoisotopic (exact) mass is 325 g/mol. The Morgan fingerprint density at radius 1 is 1.37 bits per heavy atom. The van der Waals surface area contributed by atoms with Crippen LogP contribution >= 0.6 is 15.9 Å². The zero-order valence-corrected chi connectivity index (χ0v) is 13.5. The summed E-state index contributed by atoms with van der Waals surface area (Å²) in [5.41, 5.74) is 8.52. The van der Waals surface area contributed by atoms with Crippen LogP contribution in [0.3, 0.4) is 0 Å². The number of hydrogen-bond donors (Lipinski definition) is 1. The molecule has 1 atom stereocenters. The summed E-state index contributed by atoms with van der Waals surface area (Å²) >= 11 is 3.55. The SMILES string of the molecule is CC(N)c1ccc(Br)cc1N(C)CCN1CCCC1. The third kappa shape index (κ3) is 3.94. The molecule has 3 nitrogen and oxygen atoms in total. The number of anilines is 1. The molecule has 1 aliphatic rings. The second-order valence-electron chi connectivity index (χ2n) is 5.46. The number of rotatable bonds is 5. The largest absolute Gasteiger partial charge is 0.373 e. The van der Waals surface area contributed by atoms with Crippen molar-refractivity contribution in [3.8, 4) is 0 Å². The first-order chi connectivity index (χ1) is 9.08. The molecule has 1 aromatic rings. The van der Waals surface area contributed by atoms with Crippen molar-refractivity contribution in [2.75, 3.05) is 38.1 Å². The van der Waals surface area contributed by atoms with E-state index in [0.29, 0.717) is 0 Å². The van der Waals surface area contributed by atoms with Crippen LogP contribution in [0.2, 0.25) is 0 Å². The van der Waals surface area contributed by atoms with Crippen molar-refractivity contribution < 1.29 is 0 Å². The minimum Gasteiger partial charge on any atom is -0.373 e. The molecule has 0 radical (unpaired) electrons. The average Bonchev–Trinajstić information content (AvgIpc) is 2.88. The summed E-state index contributed by atoms with van der Waals surface area (Å²) in [7, 11) is 2.16. The Hall–Kier alpha value is -0.580. The molecule has 1 aliphatic heterocycles. The third-order valence-corrected chi connectivity index (χ3v) is 4.34. The van der Waals surface area contributed by atoms with Gasteiger partial charge in [0.05, 0.1) is 0 Å². The van der Waals surface area contributed by atoms with Crippen LogP contribution in [-0.4, -0.2) is 38.1 Å². The van der Waals surface area contributed by atoms with E-state index in [4.69, 9.17) is 5.73 Å². The Balaban J connectivity index is 2.04. The molecule has 0 amide bonds. The van der Waals surface area contributed by atoms with Crippen molar-refractivity contribution in [2.45, 2.75) is 25.8 Å². The molecule has 0 aliphatic carbocycles. The van der Waals surface area contributed by atoms with Crippen LogP contribution in [0.4, 0.5) is 5.69 Å². The van der Waals surface area contributed by atoms with Crippen molar-refractivity contribution in [2.24, 2.45) is 5.73 Å². The highest BCUT2D eigenvalue weighted by molar-refractivity contribution is 9.10. The quantitative estimate of drug-likeness (QED) is 0.903. The zero-order valence-electron chi connectivity index (χ0n) is 11.9. The van der Waals surface area contributed by atoms with Gasteiger partial charge in [-0.15, -0.1) is 0 Å². The second-order valence-corrected chi connectivity index (χ2v) is 6.38. The van der Waals surface area contributed by atoms with E-state index >= 15 is 0 Å². The van der Waals surface area contributed by atoms with E-state index < -0.39 is 0 Å². The Kier molecular flexibility index (Phi) is 5.25. The number of halogens is 1. The molecule has 1 unspecified atom stereocenters. The summed E-state index contributed by atoms with van der Waals surface area (Å²) in [6.45, 7) is 6.75. The van der Waals surface area contributed by atoms with Crippen molar-refractivity contribution in [3.63, 3.8) is 0 Å². The van der Waals surface area contributed by atoms with Crippen molar-refractivity contribution in [1.29, 1.82) is 0 Å². The number of nitrogens with zero attached hydrogens (tertiary/aromatic N) is 2. The van der Waals surface area contributed by atoms with E-state index in [-0.39, 0.29) is 6.04 Å². The summed E-state index contributed by atoms with van der Waals surface area (Å²) in [5.74, 6) is 0. The molecule has 1 saturated heterocycles. The van der Waals surface area contributed by atoms with Crippen molar-refractivity contribution in [3.05, 3.63) is 28.2 Å². The fraction of sp³-hybridized carbons (Fsp3) is 0.600. The lowest BCUT2D eigenvalue weighted by Crippen LogP contribution is -2.32. The van der Waals surface area contributed by atoms with Crippen LogP contribution < -0.4 is 10.6 Å². The van der Waals surface area contributed by atoms with E-state index in [1.165, 1.54) is 37.2 Å². The summed E-state index contributed by atoms with van der Waals surface area (Å²) in [6, 6.07) is 6.42. The van der Waals surface area contributed by atoms with Gasteiger partial charge in [0.25, 0.3) is 0 Å². The standard InChI is InChI=1S/C15H24BrN3/c1-12(17)14-6-5-13(16)11-15(14)18(2)9-10-19-7-3-4-8-19/h5-6,11-12H,3-4,7-10,17H2,1-2H3. The van der Waals surface area contributed by atoms with Crippen molar-refractivity contribution in [1.82, 2.24) is 4.90 Å². The zero-order chi connectivity index (χ0) is 13.8. The first kappa shape index (κ1) is 14.8. The van der Waals surface area contributed by atoms with Gasteiger partial charge in [-0.25, -0.2) is 0 Å². The van der Waals surface area contributed by atoms with Gasteiger partial charge in [0.15, 0.2) is 0 Å². The fourth-order valence-electron chi connectivity index (χ4n) is 2.65. The topological polar surface area (TPSA) is 32.5 Å². The van der Waals surface area contributed by atoms with E-state index in [1.807, 2.05) is 6.92 Å². The number of likely N-dealkylation sites (tertiary alicyclic amines) is 1. The van der Waals surface area contributed by atoms with Crippen molar-refractivity contribution >= 4 is 21.6 Å². The third-order valence-electron chi connectivity index (χ3n) is 3.84. The first-order valence-electron chi connectivity index (χ1n) is 7.06.